The van der Waals surface area contributed by atoms with Gasteiger partial charge >= 0.3 is 5.97 Å². The zero-order valence-electron chi connectivity index (χ0n) is 16.1. The largest absolute Gasteiger partial charge is 0.466 e. The van der Waals surface area contributed by atoms with Crippen molar-refractivity contribution in [2.24, 2.45) is 0 Å². The van der Waals surface area contributed by atoms with Gasteiger partial charge in [-0.05, 0) is 44.2 Å². The summed E-state index contributed by atoms with van der Waals surface area (Å²) >= 11 is 5.81. The third-order valence-electron chi connectivity index (χ3n) is 4.63. The number of esters is 1. The van der Waals surface area contributed by atoms with Crippen molar-refractivity contribution in [2.75, 3.05) is 32.8 Å². The molecule has 1 amide bonds. The number of piperazine rings is 1. The van der Waals surface area contributed by atoms with E-state index in [2.05, 4.69) is 0 Å². The molecular weight excluding hydrogens is 420 g/mol. The van der Waals surface area contributed by atoms with Crippen LogP contribution in [-0.4, -0.2) is 62.3 Å². The summed E-state index contributed by atoms with van der Waals surface area (Å²) in [5.41, 5.74) is 0.286. The number of nitrogens with zero attached hydrogens (tertiary/aromatic N) is 2. The lowest BCUT2D eigenvalue weighted by atomic mass is 10.2. The van der Waals surface area contributed by atoms with Gasteiger partial charge in [-0.1, -0.05) is 11.6 Å². The van der Waals surface area contributed by atoms with Gasteiger partial charge in [-0.2, -0.15) is 4.31 Å². The summed E-state index contributed by atoms with van der Waals surface area (Å²) in [6.45, 7) is 3.69. The van der Waals surface area contributed by atoms with Crippen molar-refractivity contribution in [3.63, 3.8) is 0 Å². The van der Waals surface area contributed by atoms with E-state index in [1.807, 2.05) is 0 Å². The average molecular weight is 441 g/mol. The number of halogens is 1. The van der Waals surface area contributed by atoms with E-state index in [4.69, 9.17) is 20.8 Å². The van der Waals surface area contributed by atoms with E-state index in [-0.39, 0.29) is 42.5 Å². The number of sulfonamides is 1. The van der Waals surface area contributed by atoms with Crippen LogP contribution in [-0.2, 0) is 19.6 Å². The Kier molecular flexibility index (Phi) is 6.30. The minimum absolute atomic E-state index is 0.154. The molecule has 1 saturated heterocycles. The molecular formula is C19H21ClN2O6S. The SMILES string of the molecule is Cc1cc(C(=O)OCC(=O)N2CCN(S(=O)(=O)c3ccc(Cl)cc3)CC2)c(C)o1. The second kappa shape index (κ2) is 8.56. The van der Waals surface area contributed by atoms with Gasteiger partial charge in [0.05, 0.1) is 4.90 Å². The molecule has 1 aliphatic heterocycles. The first-order valence-electron chi connectivity index (χ1n) is 8.96. The van der Waals surface area contributed by atoms with Gasteiger partial charge in [0, 0.05) is 31.2 Å². The molecule has 0 unspecified atom stereocenters. The first kappa shape index (κ1) is 21.4. The van der Waals surface area contributed by atoms with Gasteiger partial charge in [-0.25, -0.2) is 13.2 Å². The number of hydrogen-bond donors (Lipinski definition) is 0. The Morgan fingerprint density at radius 1 is 1.10 bits per heavy atom. The summed E-state index contributed by atoms with van der Waals surface area (Å²) in [6, 6.07) is 7.50. The fraction of sp³-hybridized carbons (Fsp3) is 0.368. The topological polar surface area (TPSA) is 97.1 Å². The molecule has 0 spiro atoms. The highest BCUT2D eigenvalue weighted by atomic mass is 35.5. The fourth-order valence-electron chi connectivity index (χ4n) is 3.06. The van der Waals surface area contributed by atoms with E-state index >= 15 is 0 Å². The van der Waals surface area contributed by atoms with Gasteiger partial charge in [-0.15, -0.1) is 0 Å². The summed E-state index contributed by atoms with van der Waals surface area (Å²) in [6.07, 6.45) is 0. The molecule has 2 heterocycles. The predicted octanol–water partition coefficient (Wildman–Crippen LogP) is 2.24. The van der Waals surface area contributed by atoms with Crippen LogP contribution in [0.2, 0.25) is 5.02 Å². The molecule has 0 aliphatic carbocycles. The van der Waals surface area contributed by atoms with Crippen LogP contribution in [0, 0.1) is 13.8 Å². The van der Waals surface area contributed by atoms with Crippen LogP contribution in [0.15, 0.2) is 39.6 Å². The lowest BCUT2D eigenvalue weighted by Crippen LogP contribution is -2.51. The third kappa shape index (κ3) is 4.80. The molecule has 8 nitrogen and oxygen atoms in total. The van der Waals surface area contributed by atoms with E-state index in [1.165, 1.54) is 33.5 Å². The van der Waals surface area contributed by atoms with Crippen LogP contribution in [0.1, 0.15) is 21.9 Å². The molecule has 1 aromatic heterocycles. The molecule has 29 heavy (non-hydrogen) atoms. The molecule has 0 bridgehead atoms. The summed E-state index contributed by atoms with van der Waals surface area (Å²) in [4.78, 5) is 26.0. The first-order chi connectivity index (χ1) is 13.7. The minimum Gasteiger partial charge on any atom is -0.466 e. The van der Waals surface area contributed by atoms with Crippen LogP contribution in [0.4, 0.5) is 0 Å². The van der Waals surface area contributed by atoms with Gasteiger partial charge in [0.15, 0.2) is 6.61 Å². The van der Waals surface area contributed by atoms with Crippen LogP contribution >= 0.6 is 11.6 Å². The Morgan fingerprint density at radius 2 is 1.72 bits per heavy atom. The van der Waals surface area contributed by atoms with Crippen LogP contribution in [0.5, 0.6) is 0 Å². The number of benzene rings is 1. The lowest BCUT2D eigenvalue weighted by molar-refractivity contribution is -0.135. The van der Waals surface area contributed by atoms with E-state index in [0.29, 0.717) is 16.5 Å². The number of amides is 1. The molecule has 2 aromatic rings. The van der Waals surface area contributed by atoms with Crippen molar-refractivity contribution >= 4 is 33.5 Å². The number of aryl methyl sites for hydroxylation is 2. The Balaban J connectivity index is 1.53. The lowest BCUT2D eigenvalue weighted by Gasteiger charge is -2.33. The maximum absolute atomic E-state index is 12.7. The summed E-state index contributed by atoms with van der Waals surface area (Å²) in [7, 11) is -3.65. The monoisotopic (exact) mass is 440 g/mol. The molecule has 1 aromatic carbocycles. The predicted molar refractivity (Wildman–Crippen MR) is 105 cm³/mol. The van der Waals surface area contributed by atoms with Crippen LogP contribution < -0.4 is 0 Å². The Labute approximate surface area is 174 Å². The molecule has 0 saturated carbocycles. The normalized spacial score (nSPS) is 15.3. The summed E-state index contributed by atoms with van der Waals surface area (Å²) in [5.74, 6) is 0.0103. The number of ether oxygens (including phenoxy) is 1. The average Bonchev–Trinajstić information content (AvgIpc) is 3.04. The number of rotatable bonds is 5. The molecule has 156 valence electrons. The van der Waals surface area contributed by atoms with E-state index in [0.717, 1.165) is 0 Å². The molecule has 3 rings (SSSR count). The molecule has 0 radical (unpaired) electrons. The first-order valence-corrected chi connectivity index (χ1v) is 10.8. The van der Waals surface area contributed by atoms with Crippen molar-refractivity contribution in [3.8, 4) is 0 Å². The van der Waals surface area contributed by atoms with Crippen molar-refractivity contribution in [1.29, 1.82) is 0 Å². The van der Waals surface area contributed by atoms with Gasteiger partial charge in [0.1, 0.15) is 17.1 Å². The molecule has 1 fully saturated rings. The zero-order chi connectivity index (χ0) is 21.2. The smallest absolute Gasteiger partial charge is 0.342 e. The Hall–Kier alpha value is -2.36. The quantitative estimate of drug-likeness (QED) is 0.661. The highest BCUT2D eigenvalue weighted by molar-refractivity contribution is 7.89. The van der Waals surface area contributed by atoms with E-state index in [9.17, 15) is 18.0 Å². The number of furan rings is 1. The van der Waals surface area contributed by atoms with Crippen molar-refractivity contribution < 1.29 is 27.2 Å². The molecule has 10 heteroatoms. The standard InChI is InChI=1S/C19H21ClN2O6S/c1-13-11-17(14(2)28-13)19(24)27-12-18(23)21-7-9-22(10-8-21)29(25,26)16-5-3-15(20)4-6-16/h3-6,11H,7-10,12H2,1-2H3. The number of hydrogen-bond acceptors (Lipinski definition) is 6. The van der Waals surface area contributed by atoms with Gasteiger partial charge in [0.25, 0.3) is 5.91 Å². The van der Waals surface area contributed by atoms with Crippen molar-refractivity contribution in [2.45, 2.75) is 18.7 Å². The maximum Gasteiger partial charge on any atom is 0.342 e. The second-order valence-electron chi connectivity index (χ2n) is 6.64. The summed E-state index contributed by atoms with van der Waals surface area (Å²) < 4.78 is 37.0. The van der Waals surface area contributed by atoms with Crippen LogP contribution in [0.3, 0.4) is 0 Å². The highest BCUT2D eigenvalue weighted by Gasteiger charge is 2.30. The third-order valence-corrected chi connectivity index (χ3v) is 6.80. The van der Waals surface area contributed by atoms with Crippen molar-refractivity contribution in [3.05, 3.63) is 52.4 Å². The number of carbonyl (C=O) groups is 2. The van der Waals surface area contributed by atoms with E-state index in [1.54, 1.807) is 19.9 Å². The van der Waals surface area contributed by atoms with Gasteiger partial charge in [0.2, 0.25) is 10.0 Å². The Morgan fingerprint density at radius 3 is 2.28 bits per heavy atom. The Bertz CT molecular complexity index is 1010. The highest BCUT2D eigenvalue weighted by Crippen LogP contribution is 2.20. The molecule has 0 atom stereocenters. The minimum atomic E-state index is -3.65. The van der Waals surface area contributed by atoms with Gasteiger partial charge < -0.3 is 14.1 Å². The maximum atomic E-state index is 12.7. The fourth-order valence-corrected chi connectivity index (χ4v) is 4.61. The number of carbonyl (C=O) groups excluding carboxylic acids is 2. The van der Waals surface area contributed by atoms with Crippen LogP contribution in [0.25, 0.3) is 0 Å². The van der Waals surface area contributed by atoms with Crippen molar-refractivity contribution in [1.82, 2.24) is 9.21 Å². The summed E-state index contributed by atoms with van der Waals surface area (Å²) in [5, 5.41) is 0.453. The second-order valence-corrected chi connectivity index (χ2v) is 9.02. The van der Waals surface area contributed by atoms with Gasteiger partial charge in [-0.3, -0.25) is 4.79 Å². The molecule has 0 N–H and O–H groups in total. The van der Waals surface area contributed by atoms with E-state index < -0.39 is 22.6 Å². The molecule has 1 aliphatic rings. The zero-order valence-corrected chi connectivity index (χ0v) is 17.6.